The molecule has 0 saturated heterocycles. The van der Waals surface area contributed by atoms with Gasteiger partial charge in [0.1, 0.15) is 23.7 Å². The molecule has 1 aromatic heterocycles. The number of aromatic nitrogens is 2. The summed E-state index contributed by atoms with van der Waals surface area (Å²) in [5.74, 6) is 2.92. The Balaban J connectivity index is 1.64. The zero-order valence-electron chi connectivity index (χ0n) is 16.1. The van der Waals surface area contributed by atoms with E-state index < -0.39 is 0 Å². The third-order valence-corrected chi connectivity index (χ3v) is 4.41. The number of anilines is 3. The van der Waals surface area contributed by atoms with Gasteiger partial charge in [0.15, 0.2) is 0 Å². The van der Waals surface area contributed by atoms with Crippen LogP contribution in [0.5, 0.6) is 5.75 Å². The number of nitrogens with zero attached hydrogens (tertiary/aromatic N) is 2. The summed E-state index contributed by atoms with van der Waals surface area (Å²) in [5.41, 5.74) is 3.51. The molecule has 2 N–H and O–H groups in total. The van der Waals surface area contributed by atoms with Gasteiger partial charge in [-0.15, -0.1) is 0 Å². The van der Waals surface area contributed by atoms with Gasteiger partial charge in [-0.05, 0) is 35.6 Å². The molecule has 0 saturated carbocycles. The van der Waals surface area contributed by atoms with Gasteiger partial charge in [0.2, 0.25) is 0 Å². The predicted molar refractivity (Wildman–Crippen MR) is 111 cm³/mol. The van der Waals surface area contributed by atoms with Crippen molar-refractivity contribution < 1.29 is 4.74 Å². The fourth-order valence-electron chi connectivity index (χ4n) is 3.01. The Bertz CT molecular complexity index is 879. The van der Waals surface area contributed by atoms with Crippen molar-refractivity contribution in [2.45, 2.75) is 26.2 Å². The smallest absolute Gasteiger partial charge is 0.135 e. The highest BCUT2D eigenvalue weighted by molar-refractivity contribution is 5.63. The quantitative estimate of drug-likeness (QED) is 0.590. The largest absolute Gasteiger partial charge is 0.496 e. The van der Waals surface area contributed by atoms with Crippen LogP contribution in [0.2, 0.25) is 0 Å². The van der Waals surface area contributed by atoms with Crippen LogP contribution in [-0.4, -0.2) is 23.6 Å². The minimum absolute atomic E-state index is 0.439. The van der Waals surface area contributed by atoms with Crippen molar-refractivity contribution in [1.82, 2.24) is 9.97 Å². The molecule has 5 nitrogen and oxygen atoms in total. The number of hydrogen-bond acceptors (Lipinski definition) is 5. The van der Waals surface area contributed by atoms with Gasteiger partial charge in [-0.25, -0.2) is 9.97 Å². The van der Waals surface area contributed by atoms with Crippen LogP contribution >= 0.6 is 0 Å². The molecule has 3 rings (SSSR count). The molecule has 3 aromatic rings. The molecular formula is C22H26N4O. The van der Waals surface area contributed by atoms with E-state index in [1.165, 1.54) is 11.1 Å². The molecule has 0 amide bonds. The number of benzene rings is 2. The molecule has 0 radical (unpaired) electrons. The highest BCUT2D eigenvalue weighted by atomic mass is 16.5. The maximum atomic E-state index is 5.40. The minimum atomic E-state index is 0.439. The Morgan fingerprint density at radius 3 is 2.52 bits per heavy atom. The molecule has 0 aliphatic carbocycles. The predicted octanol–water partition coefficient (Wildman–Crippen LogP) is 5.01. The SMILES string of the molecule is COc1ccccc1CCNc1cc(Nc2ccccc2C(C)C)ncn1. The molecule has 2 aromatic carbocycles. The fourth-order valence-corrected chi connectivity index (χ4v) is 3.01. The van der Waals surface area contributed by atoms with Gasteiger partial charge < -0.3 is 15.4 Å². The van der Waals surface area contributed by atoms with E-state index in [1.54, 1.807) is 13.4 Å². The van der Waals surface area contributed by atoms with Crippen molar-refractivity contribution in [1.29, 1.82) is 0 Å². The molecule has 5 heteroatoms. The van der Waals surface area contributed by atoms with E-state index >= 15 is 0 Å². The Labute approximate surface area is 160 Å². The first-order chi connectivity index (χ1) is 13.2. The van der Waals surface area contributed by atoms with Crippen molar-refractivity contribution in [3.8, 4) is 5.75 Å². The van der Waals surface area contributed by atoms with Gasteiger partial charge in [-0.1, -0.05) is 50.2 Å². The van der Waals surface area contributed by atoms with Crippen molar-refractivity contribution in [3.63, 3.8) is 0 Å². The van der Waals surface area contributed by atoms with Crippen molar-refractivity contribution >= 4 is 17.3 Å². The van der Waals surface area contributed by atoms with Gasteiger partial charge >= 0.3 is 0 Å². The number of ether oxygens (including phenoxy) is 1. The van der Waals surface area contributed by atoms with E-state index in [9.17, 15) is 0 Å². The van der Waals surface area contributed by atoms with Crippen molar-refractivity contribution in [2.75, 3.05) is 24.3 Å². The summed E-state index contributed by atoms with van der Waals surface area (Å²) < 4.78 is 5.40. The fraction of sp³-hybridized carbons (Fsp3) is 0.273. The van der Waals surface area contributed by atoms with E-state index in [0.717, 1.165) is 36.0 Å². The van der Waals surface area contributed by atoms with Gasteiger partial charge in [-0.3, -0.25) is 0 Å². The van der Waals surface area contributed by atoms with Crippen LogP contribution in [0.4, 0.5) is 17.3 Å². The zero-order valence-corrected chi connectivity index (χ0v) is 16.1. The van der Waals surface area contributed by atoms with Crippen LogP contribution in [0.15, 0.2) is 60.9 Å². The molecule has 0 unspecified atom stereocenters. The van der Waals surface area contributed by atoms with Crippen molar-refractivity contribution in [3.05, 3.63) is 72.1 Å². The first-order valence-electron chi connectivity index (χ1n) is 9.21. The highest BCUT2D eigenvalue weighted by Crippen LogP contribution is 2.26. The number of para-hydroxylation sites is 2. The molecule has 0 aliphatic rings. The topological polar surface area (TPSA) is 59.1 Å². The lowest BCUT2D eigenvalue weighted by molar-refractivity contribution is 0.410. The van der Waals surface area contributed by atoms with Crippen LogP contribution in [0.1, 0.15) is 30.9 Å². The highest BCUT2D eigenvalue weighted by Gasteiger charge is 2.07. The van der Waals surface area contributed by atoms with Crippen molar-refractivity contribution in [2.24, 2.45) is 0 Å². The lowest BCUT2D eigenvalue weighted by Crippen LogP contribution is -2.08. The molecule has 140 valence electrons. The number of methoxy groups -OCH3 is 1. The third kappa shape index (κ3) is 4.97. The van der Waals surface area contributed by atoms with Crippen LogP contribution in [-0.2, 0) is 6.42 Å². The molecule has 27 heavy (non-hydrogen) atoms. The summed E-state index contributed by atoms with van der Waals surface area (Å²) >= 11 is 0. The van der Waals surface area contributed by atoms with Gasteiger partial charge in [0.05, 0.1) is 7.11 Å². The first-order valence-corrected chi connectivity index (χ1v) is 9.21. The van der Waals surface area contributed by atoms with Gasteiger partial charge in [0, 0.05) is 18.3 Å². The summed E-state index contributed by atoms with van der Waals surface area (Å²) in [6.45, 7) is 5.13. The summed E-state index contributed by atoms with van der Waals surface area (Å²) in [6.07, 6.45) is 2.43. The zero-order chi connectivity index (χ0) is 19.1. The van der Waals surface area contributed by atoms with E-state index in [-0.39, 0.29) is 0 Å². The van der Waals surface area contributed by atoms with Crippen LogP contribution in [0.3, 0.4) is 0 Å². The van der Waals surface area contributed by atoms with Crippen LogP contribution in [0, 0.1) is 0 Å². The number of hydrogen-bond donors (Lipinski definition) is 2. The van der Waals surface area contributed by atoms with E-state index in [2.05, 4.69) is 58.7 Å². The summed E-state index contributed by atoms with van der Waals surface area (Å²) in [4.78, 5) is 8.67. The van der Waals surface area contributed by atoms with E-state index in [0.29, 0.717) is 5.92 Å². The monoisotopic (exact) mass is 362 g/mol. The van der Waals surface area contributed by atoms with Gasteiger partial charge in [0.25, 0.3) is 0 Å². The summed E-state index contributed by atoms with van der Waals surface area (Å²) in [5, 5.41) is 6.77. The lowest BCUT2D eigenvalue weighted by Gasteiger charge is -2.14. The normalized spacial score (nSPS) is 10.7. The Hall–Kier alpha value is -3.08. The summed E-state index contributed by atoms with van der Waals surface area (Å²) in [7, 11) is 1.70. The maximum absolute atomic E-state index is 5.40. The second-order valence-corrected chi connectivity index (χ2v) is 6.64. The van der Waals surface area contributed by atoms with E-state index in [1.807, 2.05) is 30.3 Å². The second kappa shape index (κ2) is 9.03. The second-order valence-electron chi connectivity index (χ2n) is 6.64. The molecule has 0 bridgehead atoms. The molecule has 0 aliphatic heterocycles. The molecular weight excluding hydrogens is 336 g/mol. The van der Waals surface area contributed by atoms with Crippen LogP contribution in [0.25, 0.3) is 0 Å². The Morgan fingerprint density at radius 2 is 1.70 bits per heavy atom. The standard InChI is InChI=1S/C22H26N4O/c1-16(2)18-9-5-6-10-19(18)26-22-14-21(24-15-25-22)23-13-12-17-8-4-7-11-20(17)27-3/h4-11,14-16H,12-13H2,1-3H3,(H2,23,24,25,26). The van der Waals surface area contributed by atoms with E-state index in [4.69, 9.17) is 4.74 Å². The summed E-state index contributed by atoms with van der Waals surface area (Å²) in [6, 6.07) is 18.3. The first kappa shape index (κ1) is 18.7. The Kier molecular flexibility index (Phi) is 6.26. The van der Waals surface area contributed by atoms with Gasteiger partial charge in [-0.2, -0.15) is 0 Å². The molecule has 0 spiro atoms. The molecule has 1 heterocycles. The maximum Gasteiger partial charge on any atom is 0.135 e. The Morgan fingerprint density at radius 1 is 0.963 bits per heavy atom. The lowest BCUT2D eigenvalue weighted by atomic mass is 10.0. The number of nitrogens with one attached hydrogen (secondary N) is 2. The van der Waals surface area contributed by atoms with Crippen LogP contribution < -0.4 is 15.4 Å². The number of rotatable bonds is 8. The molecule has 0 fully saturated rings. The molecule has 0 atom stereocenters. The minimum Gasteiger partial charge on any atom is -0.496 e. The average molecular weight is 362 g/mol. The average Bonchev–Trinajstić information content (AvgIpc) is 2.69. The third-order valence-electron chi connectivity index (χ3n) is 4.41.